The van der Waals surface area contributed by atoms with Gasteiger partial charge in [-0.15, -0.1) is 0 Å². The second kappa shape index (κ2) is 51.0. The van der Waals surface area contributed by atoms with Crippen molar-refractivity contribution in [2.75, 3.05) is 19.8 Å². The summed E-state index contributed by atoms with van der Waals surface area (Å²) in [5.74, 6) is -0.419. The molecule has 0 heterocycles. The van der Waals surface area contributed by atoms with E-state index in [9.17, 15) is 9.59 Å². The quantitative estimate of drug-likeness (QED) is 0.0347. The molecule has 0 bridgehead atoms. The van der Waals surface area contributed by atoms with Crippen LogP contribution in [-0.2, 0) is 23.8 Å². The summed E-state index contributed by atoms with van der Waals surface area (Å²) in [5, 5.41) is 0. The summed E-state index contributed by atoms with van der Waals surface area (Å²) in [6.07, 6.45) is 64.0. The van der Waals surface area contributed by atoms with E-state index >= 15 is 0 Å². The number of esters is 2. The van der Waals surface area contributed by atoms with Crippen LogP contribution in [0.2, 0.25) is 0 Å². The summed E-state index contributed by atoms with van der Waals surface area (Å²) in [4.78, 5) is 25.2. The zero-order chi connectivity index (χ0) is 43.5. The Balaban J connectivity index is 4.15. The second-order valence-corrected chi connectivity index (χ2v) is 17.1. The summed E-state index contributed by atoms with van der Waals surface area (Å²) in [6, 6.07) is 0. The van der Waals surface area contributed by atoms with Crippen molar-refractivity contribution in [1.29, 1.82) is 0 Å². The van der Waals surface area contributed by atoms with Crippen LogP contribution in [0.1, 0.15) is 252 Å². The summed E-state index contributed by atoms with van der Waals surface area (Å²) >= 11 is 0. The molecule has 60 heavy (non-hydrogen) atoms. The Morgan fingerprint density at radius 2 is 0.750 bits per heavy atom. The van der Waals surface area contributed by atoms with Gasteiger partial charge in [0, 0.05) is 19.4 Å². The maximum Gasteiger partial charge on any atom is 0.306 e. The van der Waals surface area contributed by atoms with Gasteiger partial charge in [0.2, 0.25) is 0 Å². The molecule has 5 nitrogen and oxygen atoms in total. The largest absolute Gasteiger partial charge is 0.462 e. The van der Waals surface area contributed by atoms with E-state index in [2.05, 4.69) is 81.5 Å². The van der Waals surface area contributed by atoms with Crippen molar-refractivity contribution in [3.63, 3.8) is 0 Å². The van der Waals surface area contributed by atoms with Gasteiger partial charge in [-0.25, -0.2) is 0 Å². The highest BCUT2D eigenvalue weighted by Gasteiger charge is 2.17. The Labute approximate surface area is 373 Å². The van der Waals surface area contributed by atoms with Crippen molar-refractivity contribution in [2.45, 2.75) is 258 Å². The Bertz CT molecular complexity index is 1040. The molecule has 348 valence electrons. The van der Waals surface area contributed by atoms with Gasteiger partial charge in [-0.2, -0.15) is 0 Å². The molecular formula is C55H98O5. The number of ether oxygens (including phenoxy) is 3. The van der Waals surface area contributed by atoms with Crippen molar-refractivity contribution in [1.82, 2.24) is 0 Å². The van der Waals surface area contributed by atoms with Crippen LogP contribution < -0.4 is 0 Å². The molecule has 0 spiro atoms. The van der Waals surface area contributed by atoms with Crippen LogP contribution in [0.15, 0.2) is 60.8 Å². The Morgan fingerprint density at radius 3 is 1.17 bits per heavy atom. The van der Waals surface area contributed by atoms with Gasteiger partial charge in [-0.1, -0.05) is 236 Å². The number of hydrogen-bond donors (Lipinski definition) is 0. The molecule has 0 aromatic carbocycles. The fourth-order valence-electron chi connectivity index (χ4n) is 7.24. The predicted molar refractivity (Wildman–Crippen MR) is 261 cm³/mol. The Morgan fingerprint density at radius 1 is 0.383 bits per heavy atom. The number of carbonyl (C=O) groups excluding carboxylic acids is 2. The maximum atomic E-state index is 12.7. The predicted octanol–water partition coefficient (Wildman–Crippen LogP) is 17.3. The van der Waals surface area contributed by atoms with Gasteiger partial charge in [0.15, 0.2) is 6.10 Å². The first-order valence-electron chi connectivity index (χ1n) is 25.8. The van der Waals surface area contributed by atoms with Crippen LogP contribution in [-0.4, -0.2) is 37.9 Å². The minimum absolute atomic E-state index is 0.0702. The van der Waals surface area contributed by atoms with E-state index in [0.29, 0.717) is 19.4 Å². The molecule has 0 aliphatic heterocycles. The minimum atomic E-state index is -0.554. The molecule has 0 aromatic rings. The zero-order valence-corrected chi connectivity index (χ0v) is 40.0. The second-order valence-electron chi connectivity index (χ2n) is 17.1. The molecule has 1 unspecified atom stereocenters. The first-order chi connectivity index (χ1) is 29.6. The average molecular weight is 839 g/mol. The molecule has 0 aliphatic rings. The van der Waals surface area contributed by atoms with E-state index in [0.717, 1.165) is 83.5 Å². The average Bonchev–Trinajstić information content (AvgIpc) is 3.25. The molecule has 0 N–H and O–H groups in total. The highest BCUT2D eigenvalue weighted by atomic mass is 16.6. The van der Waals surface area contributed by atoms with E-state index in [-0.39, 0.29) is 25.2 Å². The van der Waals surface area contributed by atoms with Crippen LogP contribution in [0.25, 0.3) is 0 Å². The molecule has 0 aromatic heterocycles. The normalized spacial score (nSPS) is 12.7. The van der Waals surface area contributed by atoms with Crippen molar-refractivity contribution in [3.05, 3.63) is 60.8 Å². The first-order valence-corrected chi connectivity index (χ1v) is 25.8. The third kappa shape index (κ3) is 48.3. The monoisotopic (exact) mass is 839 g/mol. The lowest BCUT2D eigenvalue weighted by molar-refractivity contribution is -0.163. The van der Waals surface area contributed by atoms with Crippen LogP contribution in [0.5, 0.6) is 0 Å². The molecular weight excluding hydrogens is 741 g/mol. The first kappa shape index (κ1) is 57.6. The molecule has 0 saturated heterocycles. The molecule has 5 heteroatoms. The lowest BCUT2D eigenvalue weighted by Gasteiger charge is -2.18. The van der Waals surface area contributed by atoms with Crippen LogP contribution >= 0.6 is 0 Å². The number of carbonyl (C=O) groups is 2. The standard InChI is InChI=1S/C55H98O5/c1-4-7-10-13-16-18-20-22-24-26-28-29-31-33-35-37-40-42-45-48-54(56)59-52-53(60-55(57)49-46-43-39-15-12-9-6-3)51-58-50-47-44-41-38-36-34-32-30-27-25-23-21-19-17-14-11-8-5-2/h8,11,17,19,23,25,30,32,36,38,53H,4-7,9-10,12-16,18,20-22,24,26-29,31,33-35,37,39-52H2,1-3H3/b11-8-,19-17-,25-23-,32-30-,38-36-. The lowest BCUT2D eigenvalue weighted by Crippen LogP contribution is -2.30. The van der Waals surface area contributed by atoms with Crippen molar-refractivity contribution in [2.24, 2.45) is 0 Å². The summed E-state index contributed by atoms with van der Waals surface area (Å²) in [6.45, 7) is 7.61. The van der Waals surface area contributed by atoms with E-state index < -0.39 is 6.10 Å². The van der Waals surface area contributed by atoms with Crippen molar-refractivity contribution in [3.8, 4) is 0 Å². The Kier molecular flexibility index (Phi) is 48.9. The summed E-state index contributed by atoms with van der Waals surface area (Å²) in [5.41, 5.74) is 0. The fraction of sp³-hybridized carbons (Fsp3) is 0.782. The molecule has 0 saturated carbocycles. The van der Waals surface area contributed by atoms with Gasteiger partial charge in [-0.05, 0) is 64.2 Å². The van der Waals surface area contributed by atoms with E-state index in [1.807, 2.05) is 0 Å². The van der Waals surface area contributed by atoms with Crippen molar-refractivity contribution < 1.29 is 23.8 Å². The molecule has 0 amide bonds. The van der Waals surface area contributed by atoms with E-state index in [1.165, 1.54) is 135 Å². The lowest BCUT2D eigenvalue weighted by atomic mass is 10.0. The van der Waals surface area contributed by atoms with E-state index in [4.69, 9.17) is 14.2 Å². The number of unbranched alkanes of at least 4 members (excludes halogenated alkanes) is 26. The Hall–Kier alpha value is -2.40. The SMILES string of the molecule is CC/C=C\C/C=C\C/C=C\C/C=C\C/C=C\CCCCOCC(COC(=O)CCCCCCCCCCCCCCCCCCCCC)OC(=O)CCCCCCCCC. The smallest absolute Gasteiger partial charge is 0.306 e. The molecule has 0 rings (SSSR count). The number of rotatable bonds is 47. The zero-order valence-electron chi connectivity index (χ0n) is 40.0. The summed E-state index contributed by atoms with van der Waals surface area (Å²) < 4.78 is 17.3. The topological polar surface area (TPSA) is 61.8 Å². The van der Waals surface area contributed by atoms with Gasteiger partial charge in [0.25, 0.3) is 0 Å². The third-order valence-electron chi connectivity index (χ3n) is 11.1. The van der Waals surface area contributed by atoms with Gasteiger partial charge >= 0.3 is 11.9 Å². The number of hydrogen-bond acceptors (Lipinski definition) is 5. The fourth-order valence-corrected chi connectivity index (χ4v) is 7.24. The van der Waals surface area contributed by atoms with Gasteiger partial charge in [0.05, 0.1) is 6.61 Å². The van der Waals surface area contributed by atoms with Gasteiger partial charge < -0.3 is 14.2 Å². The summed E-state index contributed by atoms with van der Waals surface area (Å²) in [7, 11) is 0. The molecule has 0 aliphatic carbocycles. The van der Waals surface area contributed by atoms with Crippen LogP contribution in [0.3, 0.4) is 0 Å². The van der Waals surface area contributed by atoms with Crippen LogP contribution in [0, 0.1) is 0 Å². The van der Waals surface area contributed by atoms with Gasteiger partial charge in [-0.3, -0.25) is 9.59 Å². The van der Waals surface area contributed by atoms with E-state index in [1.54, 1.807) is 0 Å². The maximum absolute atomic E-state index is 12.7. The molecule has 0 radical (unpaired) electrons. The molecule has 0 fully saturated rings. The van der Waals surface area contributed by atoms with Crippen molar-refractivity contribution >= 4 is 11.9 Å². The van der Waals surface area contributed by atoms with Gasteiger partial charge in [0.1, 0.15) is 6.61 Å². The highest BCUT2D eigenvalue weighted by molar-refractivity contribution is 5.70. The van der Waals surface area contributed by atoms with Crippen LogP contribution in [0.4, 0.5) is 0 Å². The minimum Gasteiger partial charge on any atom is -0.462 e. The third-order valence-corrected chi connectivity index (χ3v) is 11.1. The number of allylic oxidation sites excluding steroid dienone is 10. The highest BCUT2D eigenvalue weighted by Crippen LogP contribution is 2.16. The molecule has 1 atom stereocenters.